The Hall–Kier alpha value is -4.20. The molecule has 0 saturated heterocycles. The van der Waals surface area contributed by atoms with E-state index in [1.54, 1.807) is 19.5 Å². The first-order chi connectivity index (χ1) is 16.0. The number of hydrogen-bond donors (Lipinski definition) is 0. The maximum atomic E-state index is 14.1. The van der Waals surface area contributed by atoms with E-state index in [-0.39, 0.29) is 5.82 Å². The fourth-order valence-corrected chi connectivity index (χ4v) is 3.97. The van der Waals surface area contributed by atoms with Crippen molar-refractivity contribution in [2.24, 2.45) is 7.05 Å². The number of halogens is 1. The molecule has 5 aromatic rings. The lowest BCUT2D eigenvalue weighted by Crippen LogP contribution is -1.99. The lowest BCUT2D eigenvalue weighted by atomic mass is 10.1. The van der Waals surface area contributed by atoms with Gasteiger partial charge in [-0.3, -0.25) is 0 Å². The van der Waals surface area contributed by atoms with Crippen LogP contribution in [0.4, 0.5) is 4.39 Å². The Kier molecular flexibility index (Phi) is 5.05. The second-order valence-corrected chi connectivity index (χ2v) is 7.69. The third-order valence-corrected chi connectivity index (χ3v) is 5.58. The van der Waals surface area contributed by atoms with Crippen LogP contribution in [0, 0.1) is 12.7 Å². The molecule has 7 nitrogen and oxygen atoms in total. The number of aromatic nitrogens is 5. The second-order valence-electron chi connectivity index (χ2n) is 7.69. The van der Waals surface area contributed by atoms with Crippen LogP contribution in [0.3, 0.4) is 0 Å². The largest absolute Gasteiger partial charge is 0.497 e. The number of para-hydroxylation sites is 1. The van der Waals surface area contributed by atoms with Gasteiger partial charge in [-0.25, -0.2) is 19.3 Å². The minimum absolute atomic E-state index is 0.381. The van der Waals surface area contributed by atoms with Gasteiger partial charge < -0.3 is 18.6 Å². The molecule has 0 unspecified atom stereocenters. The van der Waals surface area contributed by atoms with Gasteiger partial charge in [-0.15, -0.1) is 0 Å². The molecule has 3 aromatic heterocycles. The van der Waals surface area contributed by atoms with E-state index in [4.69, 9.17) is 19.4 Å². The molecule has 0 atom stereocenters. The van der Waals surface area contributed by atoms with E-state index in [0.717, 1.165) is 33.7 Å². The highest BCUT2D eigenvalue weighted by Gasteiger charge is 2.17. The van der Waals surface area contributed by atoms with E-state index in [1.165, 1.54) is 19.2 Å². The van der Waals surface area contributed by atoms with Gasteiger partial charge in [0.1, 0.15) is 23.1 Å². The van der Waals surface area contributed by atoms with Crippen molar-refractivity contribution in [1.82, 2.24) is 24.1 Å². The van der Waals surface area contributed by atoms with Gasteiger partial charge in [-0.2, -0.15) is 0 Å². The first kappa shape index (κ1) is 20.7. The zero-order chi connectivity index (χ0) is 23.1. The van der Waals surface area contributed by atoms with E-state index in [0.29, 0.717) is 23.0 Å². The fourth-order valence-electron chi connectivity index (χ4n) is 3.97. The number of nitrogens with zero attached hydrogens (tertiary/aromatic N) is 5. The van der Waals surface area contributed by atoms with Crippen LogP contribution >= 0.6 is 0 Å². The summed E-state index contributed by atoms with van der Waals surface area (Å²) in [6, 6.07) is 14.3. The van der Waals surface area contributed by atoms with Crippen molar-refractivity contribution >= 4 is 11.0 Å². The lowest BCUT2D eigenvalue weighted by molar-refractivity contribution is 0.396. The van der Waals surface area contributed by atoms with Gasteiger partial charge in [0.05, 0.1) is 43.0 Å². The minimum Gasteiger partial charge on any atom is -0.497 e. The second kappa shape index (κ2) is 8.05. The number of pyridine rings is 1. The van der Waals surface area contributed by atoms with Crippen LogP contribution in [0.25, 0.3) is 39.4 Å². The van der Waals surface area contributed by atoms with Gasteiger partial charge >= 0.3 is 0 Å². The predicted octanol–water partition coefficient (Wildman–Crippen LogP) is 4.95. The topological polar surface area (TPSA) is 67.0 Å². The zero-order valence-corrected chi connectivity index (χ0v) is 18.7. The molecular weight excluding hydrogens is 421 g/mol. The molecule has 33 heavy (non-hydrogen) atoms. The molecule has 5 rings (SSSR count). The van der Waals surface area contributed by atoms with Crippen LogP contribution in [-0.4, -0.2) is 38.3 Å². The van der Waals surface area contributed by atoms with Gasteiger partial charge in [0, 0.05) is 30.4 Å². The number of imidazole rings is 2. The quantitative estimate of drug-likeness (QED) is 0.384. The number of benzene rings is 2. The summed E-state index contributed by atoms with van der Waals surface area (Å²) in [4.78, 5) is 13.9. The molecular formula is C25H22FN5O2. The van der Waals surface area contributed by atoms with E-state index in [9.17, 15) is 4.39 Å². The molecule has 0 amide bonds. The van der Waals surface area contributed by atoms with E-state index >= 15 is 0 Å². The molecule has 0 radical (unpaired) electrons. The van der Waals surface area contributed by atoms with Crippen LogP contribution in [0.2, 0.25) is 0 Å². The average Bonchev–Trinajstić information content (AvgIpc) is 3.41. The summed E-state index contributed by atoms with van der Waals surface area (Å²) < 4.78 is 28.8. The monoisotopic (exact) mass is 443 g/mol. The molecule has 0 spiro atoms. The number of ether oxygens (including phenoxy) is 2. The summed E-state index contributed by atoms with van der Waals surface area (Å²) in [5, 5.41) is 0. The summed E-state index contributed by atoms with van der Waals surface area (Å²) in [6.07, 6.45) is 3.64. The fraction of sp³-hybridized carbons (Fsp3) is 0.160. The van der Waals surface area contributed by atoms with Gasteiger partial charge in [0.2, 0.25) is 5.88 Å². The highest BCUT2D eigenvalue weighted by atomic mass is 19.1. The molecule has 3 heterocycles. The average molecular weight is 443 g/mol. The SMILES string of the molecule is COc1cc(F)cc(-c2nc3c(-c4ccc(-n5cnc(C)c5)c(OC)n4)cccc3n2C)c1. The van der Waals surface area contributed by atoms with Crippen molar-refractivity contribution < 1.29 is 13.9 Å². The maximum Gasteiger partial charge on any atom is 0.238 e. The Bertz CT molecular complexity index is 1490. The highest BCUT2D eigenvalue weighted by molar-refractivity contribution is 5.93. The van der Waals surface area contributed by atoms with Crippen molar-refractivity contribution in [2.75, 3.05) is 14.2 Å². The number of hydrogen-bond acceptors (Lipinski definition) is 5. The molecule has 0 saturated carbocycles. The smallest absolute Gasteiger partial charge is 0.238 e. The molecule has 0 fully saturated rings. The van der Waals surface area contributed by atoms with Crippen LogP contribution in [0.1, 0.15) is 5.69 Å². The normalized spacial score (nSPS) is 11.2. The summed E-state index contributed by atoms with van der Waals surface area (Å²) in [5.74, 6) is 1.17. The van der Waals surface area contributed by atoms with Crippen molar-refractivity contribution in [3.05, 3.63) is 72.6 Å². The Morgan fingerprint density at radius 3 is 2.55 bits per heavy atom. The minimum atomic E-state index is -0.381. The van der Waals surface area contributed by atoms with Crippen LogP contribution < -0.4 is 9.47 Å². The van der Waals surface area contributed by atoms with E-state index < -0.39 is 0 Å². The third-order valence-electron chi connectivity index (χ3n) is 5.58. The molecule has 0 aliphatic carbocycles. The third kappa shape index (κ3) is 3.59. The van der Waals surface area contributed by atoms with E-state index in [2.05, 4.69) is 4.98 Å². The van der Waals surface area contributed by atoms with Crippen molar-refractivity contribution in [1.29, 1.82) is 0 Å². The van der Waals surface area contributed by atoms with Crippen LogP contribution in [0.15, 0.2) is 61.1 Å². The predicted molar refractivity (Wildman–Crippen MR) is 124 cm³/mol. The standard InChI is InChI=1S/C25H22FN5O2/c1-15-13-31(14-27-15)22-9-8-20(28-25(22)33-4)19-6-5-7-21-23(19)29-24(30(21)2)16-10-17(26)12-18(11-16)32-3/h5-14H,1-4H3. The first-order valence-electron chi connectivity index (χ1n) is 10.3. The number of methoxy groups -OCH3 is 2. The van der Waals surface area contributed by atoms with Crippen molar-refractivity contribution in [3.63, 3.8) is 0 Å². The number of rotatable bonds is 5. The first-order valence-corrected chi connectivity index (χ1v) is 10.3. The highest BCUT2D eigenvalue weighted by Crippen LogP contribution is 2.34. The Balaban J connectivity index is 1.66. The number of fused-ring (bicyclic) bond motifs is 1. The molecule has 166 valence electrons. The Labute approximate surface area is 190 Å². The van der Waals surface area contributed by atoms with Crippen molar-refractivity contribution in [3.8, 4) is 40.0 Å². The van der Waals surface area contributed by atoms with Crippen molar-refractivity contribution in [2.45, 2.75) is 6.92 Å². The molecule has 0 aliphatic heterocycles. The van der Waals surface area contributed by atoms with Gasteiger partial charge in [0.15, 0.2) is 0 Å². The van der Waals surface area contributed by atoms with Gasteiger partial charge in [-0.05, 0) is 37.3 Å². The Morgan fingerprint density at radius 2 is 1.82 bits per heavy atom. The van der Waals surface area contributed by atoms with Crippen LogP contribution in [0.5, 0.6) is 11.6 Å². The number of aryl methyl sites for hydroxylation is 2. The molecule has 2 aromatic carbocycles. The van der Waals surface area contributed by atoms with Crippen LogP contribution in [-0.2, 0) is 7.05 Å². The zero-order valence-electron chi connectivity index (χ0n) is 18.7. The molecule has 8 heteroatoms. The maximum absolute atomic E-state index is 14.1. The van der Waals surface area contributed by atoms with Gasteiger partial charge in [-0.1, -0.05) is 12.1 Å². The summed E-state index contributed by atoms with van der Waals surface area (Å²) in [7, 11) is 5.01. The molecule has 0 aliphatic rings. The van der Waals surface area contributed by atoms with Gasteiger partial charge in [0.25, 0.3) is 0 Å². The molecule has 0 bridgehead atoms. The Morgan fingerprint density at radius 1 is 0.970 bits per heavy atom. The summed E-state index contributed by atoms with van der Waals surface area (Å²) >= 11 is 0. The summed E-state index contributed by atoms with van der Waals surface area (Å²) in [5.41, 5.74) is 5.57. The summed E-state index contributed by atoms with van der Waals surface area (Å²) in [6.45, 7) is 1.93. The molecule has 0 N–H and O–H groups in total. The van der Waals surface area contributed by atoms with E-state index in [1.807, 2.05) is 59.6 Å². The lowest BCUT2D eigenvalue weighted by Gasteiger charge is -2.10.